The Kier molecular flexibility index (Phi) is 5.94. The van der Waals surface area contributed by atoms with Crippen LogP contribution >= 0.6 is 11.6 Å². The predicted octanol–water partition coefficient (Wildman–Crippen LogP) is 4.33. The van der Waals surface area contributed by atoms with Crippen molar-refractivity contribution in [3.8, 4) is 5.75 Å². The third-order valence-electron chi connectivity index (χ3n) is 4.10. The molecule has 3 aromatic rings. The third-order valence-corrected chi connectivity index (χ3v) is 4.52. The van der Waals surface area contributed by atoms with E-state index in [-0.39, 0.29) is 5.91 Å². The number of nitrogens with one attached hydrogen (secondary N) is 1. The normalized spacial score (nSPS) is 10.9. The van der Waals surface area contributed by atoms with E-state index in [2.05, 4.69) is 10.5 Å². The van der Waals surface area contributed by atoms with E-state index in [1.165, 1.54) is 0 Å². The van der Waals surface area contributed by atoms with Gasteiger partial charge >= 0.3 is 0 Å². The molecule has 0 radical (unpaired) electrons. The molecule has 0 saturated carbocycles. The fourth-order valence-corrected chi connectivity index (χ4v) is 2.57. The number of carbonyl (C=O) groups excluding carboxylic acids is 1. The van der Waals surface area contributed by atoms with E-state index in [1.54, 1.807) is 18.3 Å². The SMILES string of the molecule is Cc1cc(OCc2ccc(C(=O)N/N=C/c3cccn3C)cc2)ccc1Cl. The average molecular weight is 382 g/mol. The number of aromatic nitrogens is 1. The van der Waals surface area contributed by atoms with Crippen LogP contribution in [-0.4, -0.2) is 16.7 Å². The molecule has 1 heterocycles. The molecule has 0 aliphatic carbocycles. The maximum absolute atomic E-state index is 12.1. The lowest BCUT2D eigenvalue weighted by molar-refractivity contribution is 0.0955. The summed E-state index contributed by atoms with van der Waals surface area (Å²) in [5, 5.41) is 4.70. The molecule has 27 heavy (non-hydrogen) atoms. The van der Waals surface area contributed by atoms with Crippen LogP contribution in [0.25, 0.3) is 0 Å². The molecule has 5 nitrogen and oxygen atoms in total. The molecule has 6 heteroatoms. The summed E-state index contributed by atoms with van der Waals surface area (Å²) in [7, 11) is 1.91. The van der Waals surface area contributed by atoms with Gasteiger partial charge in [-0.2, -0.15) is 5.10 Å². The first-order chi connectivity index (χ1) is 13.0. The van der Waals surface area contributed by atoms with Gasteiger partial charge in [-0.05, 0) is 60.5 Å². The highest BCUT2D eigenvalue weighted by Gasteiger charge is 2.05. The number of hydrogen-bond acceptors (Lipinski definition) is 3. The van der Waals surface area contributed by atoms with Gasteiger partial charge in [-0.3, -0.25) is 4.79 Å². The molecule has 2 aromatic carbocycles. The molecule has 0 spiro atoms. The summed E-state index contributed by atoms with van der Waals surface area (Å²) >= 11 is 6.01. The summed E-state index contributed by atoms with van der Waals surface area (Å²) in [6, 6.07) is 16.6. The van der Waals surface area contributed by atoms with Gasteiger partial charge in [-0.15, -0.1) is 0 Å². The van der Waals surface area contributed by atoms with Gasteiger partial charge in [-0.1, -0.05) is 23.7 Å². The summed E-state index contributed by atoms with van der Waals surface area (Å²) < 4.78 is 7.67. The second-order valence-corrected chi connectivity index (χ2v) is 6.55. The molecule has 0 aliphatic rings. The lowest BCUT2D eigenvalue weighted by atomic mass is 10.1. The minimum Gasteiger partial charge on any atom is -0.489 e. The van der Waals surface area contributed by atoms with Crippen LogP contribution in [0.15, 0.2) is 65.9 Å². The fourth-order valence-electron chi connectivity index (χ4n) is 2.46. The van der Waals surface area contributed by atoms with Crippen molar-refractivity contribution in [1.29, 1.82) is 0 Å². The second kappa shape index (κ2) is 8.56. The molecule has 138 valence electrons. The van der Waals surface area contributed by atoms with Gasteiger partial charge in [0.05, 0.1) is 11.9 Å². The van der Waals surface area contributed by atoms with E-state index >= 15 is 0 Å². The zero-order chi connectivity index (χ0) is 19.2. The molecule has 1 N–H and O–H groups in total. The third kappa shape index (κ3) is 4.99. The number of rotatable bonds is 6. The zero-order valence-electron chi connectivity index (χ0n) is 15.1. The Morgan fingerprint density at radius 3 is 2.67 bits per heavy atom. The topological polar surface area (TPSA) is 55.6 Å². The number of halogens is 1. The Morgan fingerprint density at radius 2 is 2.00 bits per heavy atom. The Bertz CT molecular complexity index is 962. The lowest BCUT2D eigenvalue weighted by Gasteiger charge is -2.08. The van der Waals surface area contributed by atoms with Gasteiger partial charge in [0, 0.05) is 23.8 Å². The number of benzene rings is 2. The minimum absolute atomic E-state index is 0.263. The maximum atomic E-state index is 12.1. The maximum Gasteiger partial charge on any atom is 0.271 e. The van der Waals surface area contributed by atoms with Crippen LogP contribution in [0.3, 0.4) is 0 Å². The van der Waals surface area contributed by atoms with Crippen LogP contribution < -0.4 is 10.2 Å². The first kappa shape index (κ1) is 18.7. The molecular formula is C21H20ClN3O2. The van der Waals surface area contributed by atoms with Crippen LogP contribution in [0.1, 0.15) is 27.2 Å². The van der Waals surface area contributed by atoms with E-state index in [9.17, 15) is 4.79 Å². The molecule has 0 bridgehead atoms. The quantitative estimate of drug-likeness (QED) is 0.510. The molecule has 1 aromatic heterocycles. The van der Waals surface area contributed by atoms with E-state index < -0.39 is 0 Å². The van der Waals surface area contributed by atoms with Crippen molar-refractivity contribution in [1.82, 2.24) is 9.99 Å². The minimum atomic E-state index is -0.263. The Morgan fingerprint density at radius 1 is 1.22 bits per heavy atom. The standard InChI is InChI=1S/C21H20ClN3O2/c1-15-12-19(9-10-20(15)22)27-14-16-5-7-17(8-6-16)21(26)24-23-13-18-4-3-11-25(18)2/h3-13H,14H2,1-2H3,(H,24,26)/b23-13+. The second-order valence-electron chi connectivity index (χ2n) is 6.14. The van der Waals surface area contributed by atoms with Gasteiger partial charge in [0.25, 0.3) is 5.91 Å². The predicted molar refractivity (Wildman–Crippen MR) is 107 cm³/mol. The molecule has 0 unspecified atom stereocenters. The molecule has 0 saturated heterocycles. The molecule has 1 amide bonds. The van der Waals surface area contributed by atoms with E-state index in [4.69, 9.17) is 16.3 Å². The van der Waals surface area contributed by atoms with Gasteiger partial charge in [0.1, 0.15) is 12.4 Å². The van der Waals surface area contributed by atoms with Gasteiger partial charge in [0.2, 0.25) is 0 Å². The van der Waals surface area contributed by atoms with Gasteiger partial charge in [0.15, 0.2) is 0 Å². The van der Waals surface area contributed by atoms with Crippen molar-refractivity contribution in [3.05, 3.63) is 88.2 Å². The number of hydrogen-bond donors (Lipinski definition) is 1. The van der Waals surface area contributed by atoms with Crippen molar-refractivity contribution in [2.75, 3.05) is 0 Å². The monoisotopic (exact) mass is 381 g/mol. The summed E-state index contributed by atoms with van der Waals surface area (Å²) in [4.78, 5) is 12.1. The van der Waals surface area contributed by atoms with Crippen LogP contribution in [0.5, 0.6) is 5.75 Å². The molecule has 0 fully saturated rings. The van der Waals surface area contributed by atoms with E-state index in [0.717, 1.165) is 22.6 Å². The Labute approximate surface area is 163 Å². The number of carbonyl (C=O) groups is 1. The largest absolute Gasteiger partial charge is 0.489 e. The number of aryl methyl sites for hydroxylation is 2. The van der Waals surface area contributed by atoms with Gasteiger partial charge in [-0.25, -0.2) is 5.43 Å². The summed E-state index contributed by atoms with van der Waals surface area (Å²) in [6.07, 6.45) is 3.52. The fraction of sp³-hybridized carbons (Fsp3) is 0.143. The summed E-state index contributed by atoms with van der Waals surface area (Å²) in [6.45, 7) is 2.34. The van der Waals surface area contributed by atoms with Crippen LogP contribution in [0.2, 0.25) is 5.02 Å². The van der Waals surface area contributed by atoms with Crippen molar-refractivity contribution in [2.24, 2.45) is 12.1 Å². The van der Waals surface area contributed by atoms with Crippen molar-refractivity contribution in [2.45, 2.75) is 13.5 Å². The zero-order valence-corrected chi connectivity index (χ0v) is 15.9. The molecule has 3 rings (SSSR count). The number of amides is 1. The molecule has 0 aliphatic heterocycles. The first-order valence-corrected chi connectivity index (χ1v) is 8.83. The Balaban J connectivity index is 1.54. The van der Waals surface area contributed by atoms with Gasteiger partial charge < -0.3 is 9.30 Å². The van der Waals surface area contributed by atoms with Crippen molar-refractivity contribution < 1.29 is 9.53 Å². The lowest BCUT2D eigenvalue weighted by Crippen LogP contribution is -2.17. The molecular weight excluding hydrogens is 362 g/mol. The first-order valence-electron chi connectivity index (χ1n) is 8.45. The highest BCUT2D eigenvalue weighted by molar-refractivity contribution is 6.31. The van der Waals surface area contributed by atoms with Crippen LogP contribution in [0.4, 0.5) is 0 Å². The summed E-state index contributed by atoms with van der Waals surface area (Å²) in [5.41, 5.74) is 5.90. The van der Waals surface area contributed by atoms with Crippen LogP contribution in [-0.2, 0) is 13.7 Å². The van der Waals surface area contributed by atoms with Crippen molar-refractivity contribution >= 4 is 23.7 Å². The highest BCUT2D eigenvalue weighted by Crippen LogP contribution is 2.21. The number of nitrogens with zero attached hydrogens (tertiary/aromatic N) is 2. The smallest absolute Gasteiger partial charge is 0.271 e. The van der Waals surface area contributed by atoms with Crippen LogP contribution in [0, 0.1) is 6.92 Å². The number of ether oxygens (including phenoxy) is 1. The highest BCUT2D eigenvalue weighted by atomic mass is 35.5. The van der Waals surface area contributed by atoms with E-state index in [0.29, 0.717) is 17.2 Å². The Hall–Kier alpha value is -3.05. The van der Waals surface area contributed by atoms with Crippen molar-refractivity contribution in [3.63, 3.8) is 0 Å². The average Bonchev–Trinajstić information content (AvgIpc) is 3.08. The van der Waals surface area contributed by atoms with E-state index in [1.807, 2.05) is 67.2 Å². The number of hydrazone groups is 1. The summed E-state index contributed by atoms with van der Waals surface area (Å²) in [5.74, 6) is 0.495. The molecule has 0 atom stereocenters.